The molecule has 3 heteroatoms. The maximum absolute atomic E-state index is 3.19. The molecule has 1 aromatic rings. The molecule has 1 N–H and O–H groups in total. The molecule has 1 aliphatic rings. The molecule has 1 fully saturated rings. The van der Waals surface area contributed by atoms with E-state index in [4.69, 9.17) is 0 Å². The van der Waals surface area contributed by atoms with E-state index in [1.165, 1.54) is 41.4 Å². The van der Waals surface area contributed by atoms with E-state index in [-0.39, 0.29) is 0 Å². The van der Waals surface area contributed by atoms with Gasteiger partial charge in [-0.1, -0.05) is 12.1 Å². The molecule has 88 valence electrons. The Kier molecular flexibility index (Phi) is 4.13. The Morgan fingerprint density at radius 3 is 2.69 bits per heavy atom. The molecular formula is C13H20N2S. The average Bonchev–Trinajstić information content (AvgIpc) is 2.31. The first kappa shape index (κ1) is 11.8. The summed E-state index contributed by atoms with van der Waals surface area (Å²) < 4.78 is 0. The highest BCUT2D eigenvalue weighted by Gasteiger charge is 2.12. The largest absolute Gasteiger partial charge is 0.370 e. The Balaban J connectivity index is 2.14. The molecule has 0 aliphatic carbocycles. The Bertz CT molecular complexity index is 346. The molecule has 0 unspecified atom stereocenters. The van der Waals surface area contributed by atoms with Gasteiger partial charge >= 0.3 is 0 Å². The highest BCUT2D eigenvalue weighted by Crippen LogP contribution is 2.24. The molecule has 0 aromatic heterocycles. The third-order valence-electron chi connectivity index (χ3n) is 2.99. The van der Waals surface area contributed by atoms with E-state index in [1.807, 2.05) is 7.05 Å². The monoisotopic (exact) mass is 236 g/mol. The predicted octanol–water partition coefficient (Wildman–Crippen LogP) is 2.27. The number of hydrogen-bond donors (Lipinski definition) is 1. The zero-order valence-corrected chi connectivity index (χ0v) is 10.9. The van der Waals surface area contributed by atoms with E-state index in [1.54, 1.807) is 0 Å². The van der Waals surface area contributed by atoms with Crippen LogP contribution in [0.4, 0.5) is 5.69 Å². The SMILES string of the molecule is CNCc1ccc(N2CCSCC2)c(C)c1. The Morgan fingerprint density at radius 1 is 1.31 bits per heavy atom. The van der Waals surface area contributed by atoms with E-state index in [2.05, 4.69) is 47.1 Å². The van der Waals surface area contributed by atoms with E-state index in [0.29, 0.717) is 0 Å². The standard InChI is InChI=1S/C13H20N2S/c1-11-9-12(10-14-2)3-4-13(11)15-5-7-16-8-6-15/h3-4,9,14H,5-8,10H2,1-2H3. The highest BCUT2D eigenvalue weighted by atomic mass is 32.2. The molecule has 0 radical (unpaired) electrons. The van der Waals surface area contributed by atoms with Crippen molar-refractivity contribution >= 4 is 17.4 Å². The molecule has 0 saturated carbocycles. The molecule has 1 heterocycles. The van der Waals surface area contributed by atoms with Crippen molar-refractivity contribution in [2.24, 2.45) is 0 Å². The fourth-order valence-corrected chi connectivity index (χ4v) is 3.09. The predicted molar refractivity (Wildman–Crippen MR) is 73.5 cm³/mol. The lowest BCUT2D eigenvalue weighted by atomic mass is 10.1. The maximum Gasteiger partial charge on any atom is 0.0396 e. The molecule has 16 heavy (non-hydrogen) atoms. The number of anilines is 1. The smallest absolute Gasteiger partial charge is 0.0396 e. The number of nitrogens with zero attached hydrogens (tertiary/aromatic N) is 1. The van der Waals surface area contributed by atoms with Crippen LogP contribution in [0.2, 0.25) is 0 Å². The van der Waals surface area contributed by atoms with Crippen molar-refractivity contribution in [1.82, 2.24) is 5.32 Å². The van der Waals surface area contributed by atoms with Gasteiger partial charge in [0.15, 0.2) is 0 Å². The van der Waals surface area contributed by atoms with E-state index < -0.39 is 0 Å². The van der Waals surface area contributed by atoms with Gasteiger partial charge in [-0.3, -0.25) is 0 Å². The molecular weight excluding hydrogens is 216 g/mol. The normalized spacial score (nSPS) is 16.5. The summed E-state index contributed by atoms with van der Waals surface area (Å²) in [4.78, 5) is 2.51. The summed E-state index contributed by atoms with van der Waals surface area (Å²) in [5, 5.41) is 3.19. The molecule has 0 atom stereocenters. The minimum Gasteiger partial charge on any atom is -0.370 e. The fraction of sp³-hybridized carbons (Fsp3) is 0.538. The second-order valence-electron chi connectivity index (χ2n) is 4.25. The molecule has 0 spiro atoms. The maximum atomic E-state index is 3.19. The van der Waals surface area contributed by atoms with Crippen LogP contribution in [-0.4, -0.2) is 31.6 Å². The van der Waals surface area contributed by atoms with Crippen molar-refractivity contribution in [2.45, 2.75) is 13.5 Å². The lowest BCUT2D eigenvalue weighted by molar-refractivity contribution is 0.813. The molecule has 0 amide bonds. The first-order chi connectivity index (χ1) is 7.81. The van der Waals surface area contributed by atoms with Crippen molar-refractivity contribution in [1.29, 1.82) is 0 Å². The van der Waals surface area contributed by atoms with Gasteiger partial charge in [0.25, 0.3) is 0 Å². The van der Waals surface area contributed by atoms with Crippen LogP contribution >= 0.6 is 11.8 Å². The zero-order valence-electron chi connectivity index (χ0n) is 10.1. The molecule has 2 rings (SSSR count). The molecule has 2 nitrogen and oxygen atoms in total. The van der Waals surface area contributed by atoms with Crippen LogP contribution in [0.3, 0.4) is 0 Å². The highest BCUT2D eigenvalue weighted by molar-refractivity contribution is 7.99. The quantitative estimate of drug-likeness (QED) is 0.866. The van der Waals surface area contributed by atoms with Crippen LogP contribution in [0.25, 0.3) is 0 Å². The number of rotatable bonds is 3. The topological polar surface area (TPSA) is 15.3 Å². The summed E-state index contributed by atoms with van der Waals surface area (Å²) in [7, 11) is 1.99. The number of aryl methyl sites for hydroxylation is 1. The van der Waals surface area contributed by atoms with Crippen molar-refractivity contribution in [3.63, 3.8) is 0 Å². The van der Waals surface area contributed by atoms with Crippen LogP contribution < -0.4 is 10.2 Å². The van der Waals surface area contributed by atoms with Crippen LogP contribution in [0, 0.1) is 6.92 Å². The zero-order chi connectivity index (χ0) is 11.4. The summed E-state index contributed by atoms with van der Waals surface area (Å²) in [5.74, 6) is 2.52. The van der Waals surface area contributed by atoms with E-state index in [9.17, 15) is 0 Å². The molecule has 1 aromatic carbocycles. The second-order valence-corrected chi connectivity index (χ2v) is 5.48. The third kappa shape index (κ3) is 2.71. The first-order valence-corrected chi connectivity index (χ1v) is 7.03. The lowest BCUT2D eigenvalue weighted by Gasteiger charge is -2.30. The minimum atomic E-state index is 0.955. The van der Waals surface area contributed by atoms with Crippen LogP contribution in [-0.2, 0) is 6.54 Å². The molecule has 1 saturated heterocycles. The van der Waals surface area contributed by atoms with Gasteiger partial charge in [-0.15, -0.1) is 0 Å². The van der Waals surface area contributed by atoms with Crippen molar-refractivity contribution in [3.8, 4) is 0 Å². The van der Waals surface area contributed by atoms with Gasteiger partial charge in [0.2, 0.25) is 0 Å². The van der Waals surface area contributed by atoms with Crippen LogP contribution in [0.1, 0.15) is 11.1 Å². The second kappa shape index (κ2) is 5.60. The fourth-order valence-electron chi connectivity index (χ4n) is 2.19. The van der Waals surface area contributed by atoms with Gasteiger partial charge in [0.1, 0.15) is 0 Å². The summed E-state index contributed by atoms with van der Waals surface area (Å²) in [6.07, 6.45) is 0. The van der Waals surface area contributed by atoms with Gasteiger partial charge in [-0.05, 0) is 31.2 Å². The number of nitrogens with one attached hydrogen (secondary N) is 1. The van der Waals surface area contributed by atoms with Crippen molar-refractivity contribution in [2.75, 3.05) is 36.5 Å². The number of hydrogen-bond acceptors (Lipinski definition) is 3. The van der Waals surface area contributed by atoms with Crippen LogP contribution in [0.15, 0.2) is 18.2 Å². The van der Waals surface area contributed by atoms with Crippen LogP contribution in [0.5, 0.6) is 0 Å². The van der Waals surface area contributed by atoms with E-state index >= 15 is 0 Å². The molecule has 1 aliphatic heterocycles. The van der Waals surface area contributed by atoms with Gasteiger partial charge < -0.3 is 10.2 Å². The number of benzene rings is 1. The van der Waals surface area contributed by atoms with Gasteiger partial charge in [-0.25, -0.2) is 0 Å². The summed E-state index contributed by atoms with van der Waals surface area (Å²) in [6, 6.07) is 6.81. The summed E-state index contributed by atoms with van der Waals surface area (Å²) in [6.45, 7) is 5.56. The van der Waals surface area contributed by atoms with Gasteiger partial charge in [0.05, 0.1) is 0 Å². The third-order valence-corrected chi connectivity index (χ3v) is 3.94. The lowest BCUT2D eigenvalue weighted by Crippen LogP contribution is -2.32. The Morgan fingerprint density at radius 2 is 2.06 bits per heavy atom. The molecule has 0 bridgehead atoms. The Hall–Kier alpha value is -0.670. The van der Waals surface area contributed by atoms with Crippen molar-refractivity contribution in [3.05, 3.63) is 29.3 Å². The summed E-state index contributed by atoms with van der Waals surface area (Å²) >= 11 is 2.06. The Labute approximate surface area is 102 Å². The van der Waals surface area contributed by atoms with Gasteiger partial charge in [-0.2, -0.15) is 11.8 Å². The number of thioether (sulfide) groups is 1. The summed E-state index contributed by atoms with van der Waals surface area (Å²) in [5.41, 5.74) is 4.19. The average molecular weight is 236 g/mol. The van der Waals surface area contributed by atoms with Gasteiger partial charge in [0, 0.05) is 36.8 Å². The minimum absolute atomic E-state index is 0.955. The first-order valence-electron chi connectivity index (χ1n) is 5.88. The van der Waals surface area contributed by atoms with Crippen molar-refractivity contribution < 1.29 is 0 Å². The van der Waals surface area contributed by atoms with E-state index in [0.717, 1.165) is 6.54 Å².